The molecule has 0 saturated carbocycles. The van der Waals surface area contributed by atoms with Gasteiger partial charge in [-0.15, -0.1) is 0 Å². The van der Waals surface area contributed by atoms with Gasteiger partial charge in [0.25, 0.3) is 0 Å². The van der Waals surface area contributed by atoms with Gasteiger partial charge in [-0.1, -0.05) is 58.0 Å². The number of para-hydroxylation sites is 4. The van der Waals surface area contributed by atoms with Gasteiger partial charge in [0.1, 0.15) is 11.4 Å². The Morgan fingerprint density at radius 3 is 1.29 bits per heavy atom. The Morgan fingerprint density at radius 2 is 0.905 bits per heavy atom. The second-order valence-electron chi connectivity index (χ2n) is 9.61. The Bertz CT molecular complexity index is 1400. The SMILES string of the molecule is CCN(CC)CCn1c(-c2cccc(-c3nc4ccccc4n3CCN(CC)CC)n2)nc2ccccc21.[Cl-].[Cl-].[Cl-].[Fe+3]. The zero-order valence-corrected chi connectivity index (χ0v) is 28.0. The van der Waals surface area contributed by atoms with Crippen molar-refractivity contribution in [1.29, 1.82) is 0 Å². The van der Waals surface area contributed by atoms with E-state index in [1.807, 2.05) is 0 Å². The Morgan fingerprint density at radius 1 is 0.524 bits per heavy atom. The van der Waals surface area contributed by atoms with E-state index in [1.165, 1.54) is 0 Å². The molecule has 0 spiro atoms. The van der Waals surface area contributed by atoms with Crippen LogP contribution in [0.15, 0.2) is 66.7 Å². The van der Waals surface area contributed by atoms with Crippen molar-refractivity contribution < 1.29 is 54.3 Å². The topological polar surface area (TPSA) is 55.0 Å². The minimum atomic E-state index is 0. The van der Waals surface area contributed by atoms with E-state index in [4.69, 9.17) is 15.0 Å². The van der Waals surface area contributed by atoms with Crippen molar-refractivity contribution in [3.05, 3.63) is 66.7 Å². The largest absolute Gasteiger partial charge is 3.00 e. The molecule has 5 aromatic rings. The van der Waals surface area contributed by atoms with Crippen LogP contribution in [0, 0.1) is 0 Å². The number of aromatic nitrogens is 5. The van der Waals surface area contributed by atoms with Gasteiger partial charge in [0.05, 0.1) is 22.1 Å². The van der Waals surface area contributed by atoms with Crippen LogP contribution in [0.25, 0.3) is 45.1 Å². The summed E-state index contributed by atoms with van der Waals surface area (Å²) in [6, 6.07) is 23.0. The van der Waals surface area contributed by atoms with Gasteiger partial charge in [0.2, 0.25) is 0 Å². The molecule has 42 heavy (non-hydrogen) atoms. The Hall–Kier alpha value is -2.16. The summed E-state index contributed by atoms with van der Waals surface area (Å²) < 4.78 is 4.65. The molecule has 0 atom stereocenters. The molecule has 0 N–H and O–H groups in total. The van der Waals surface area contributed by atoms with Crippen LogP contribution >= 0.6 is 0 Å². The molecule has 0 amide bonds. The number of imidazole rings is 2. The van der Waals surface area contributed by atoms with Crippen molar-refractivity contribution in [1.82, 2.24) is 33.9 Å². The molecule has 5 rings (SSSR count). The number of pyridine rings is 1. The van der Waals surface area contributed by atoms with E-state index in [0.29, 0.717) is 0 Å². The number of likely N-dealkylation sites (N-methyl/N-ethyl adjacent to an activating group) is 2. The van der Waals surface area contributed by atoms with Crippen molar-refractivity contribution in [3.8, 4) is 23.0 Å². The fourth-order valence-electron chi connectivity index (χ4n) is 5.24. The summed E-state index contributed by atoms with van der Waals surface area (Å²) in [6.45, 7) is 16.7. The first-order valence-corrected chi connectivity index (χ1v) is 14.0. The van der Waals surface area contributed by atoms with Crippen LogP contribution in [-0.2, 0) is 30.2 Å². The molecule has 0 bridgehead atoms. The summed E-state index contributed by atoms with van der Waals surface area (Å²) in [5, 5.41) is 0. The monoisotopic (exact) mass is 670 g/mol. The molecule has 227 valence electrons. The predicted molar refractivity (Wildman–Crippen MR) is 157 cm³/mol. The summed E-state index contributed by atoms with van der Waals surface area (Å²) in [5.74, 6) is 1.82. The van der Waals surface area contributed by atoms with Crippen molar-refractivity contribution in [2.24, 2.45) is 0 Å². The Balaban J connectivity index is 0.00000220. The third-order valence-corrected chi connectivity index (χ3v) is 7.58. The van der Waals surface area contributed by atoms with Gasteiger partial charge in [-0.3, -0.25) is 0 Å². The molecule has 11 heteroatoms. The van der Waals surface area contributed by atoms with Crippen LogP contribution in [0.2, 0.25) is 0 Å². The summed E-state index contributed by atoms with van der Waals surface area (Å²) in [5.41, 5.74) is 6.05. The molecule has 0 aliphatic rings. The standard InChI is InChI=1S/C31H39N7.3ClH.Fe/c1-5-35(6-2)20-22-37-28-18-11-9-14-24(28)33-30(37)26-16-13-17-27(32-26)31-34-25-15-10-12-19-29(25)38(31)23-21-36(7-3)8-4;;;;/h9-19H,5-8,20-23H2,1-4H3;3*1H;/q;;;;+3/p-3. The summed E-state index contributed by atoms with van der Waals surface area (Å²) >= 11 is 0. The molecule has 0 saturated heterocycles. The maximum absolute atomic E-state index is 5.17. The van der Waals surface area contributed by atoms with Crippen LogP contribution < -0.4 is 37.2 Å². The average Bonchev–Trinajstić information content (AvgIpc) is 3.53. The third-order valence-electron chi connectivity index (χ3n) is 7.58. The molecule has 0 aliphatic carbocycles. The normalized spacial score (nSPS) is 10.8. The van der Waals surface area contributed by atoms with Crippen molar-refractivity contribution in [2.75, 3.05) is 39.3 Å². The van der Waals surface area contributed by atoms with Crippen LogP contribution in [0.3, 0.4) is 0 Å². The number of halogens is 3. The average molecular weight is 672 g/mol. The molecule has 7 nitrogen and oxygen atoms in total. The van der Waals surface area contributed by atoms with Gasteiger partial charge in [-0.2, -0.15) is 0 Å². The van der Waals surface area contributed by atoms with Crippen LogP contribution in [0.4, 0.5) is 0 Å². The minimum Gasteiger partial charge on any atom is -1.00 e. The van der Waals surface area contributed by atoms with Gasteiger partial charge in [-0.05, 0) is 62.6 Å². The second-order valence-corrected chi connectivity index (χ2v) is 9.61. The van der Waals surface area contributed by atoms with Crippen LogP contribution in [0.5, 0.6) is 0 Å². The molecular formula is C31H39Cl3FeN7. The smallest absolute Gasteiger partial charge is 1.00 e. The van der Waals surface area contributed by atoms with Gasteiger partial charge >= 0.3 is 17.1 Å². The number of hydrogen-bond donors (Lipinski definition) is 0. The molecule has 1 radical (unpaired) electrons. The minimum absolute atomic E-state index is 0. The Kier molecular flexibility index (Phi) is 16.1. The summed E-state index contributed by atoms with van der Waals surface area (Å²) in [4.78, 5) is 20.1. The quantitative estimate of drug-likeness (QED) is 0.131. The van der Waals surface area contributed by atoms with E-state index in [-0.39, 0.29) is 54.3 Å². The number of benzene rings is 2. The molecule has 3 heterocycles. The number of rotatable bonds is 12. The molecule has 0 aliphatic heterocycles. The first kappa shape index (κ1) is 37.9. The maximum Gasteiger partial charge on any atom is 3.00 e. The van der Waals surface area contributed by atoms with E-state index >= 15 is 0 Å². The predicted octanol–water partition coefficient (Wildman–Crippen LogP) is -3.19. The Labute approximate surface area is 278 Å². The van der Waals surface area contributed by atoms with E-state index in [0.717, 1.165) is 97.5 Å². The van der Waals surface area contributed by atoms with Crippen LogP contribution in [0.1, 0.15) is 27.7 Å². The first-order chi connectivity index (χ1) is 18.7. The van der Waals surface area contributed by atoms with E-state index in [1.54, 1.807) is 0 Å². The van der Waals surface area contributed by atoms with Gasteiger partial charge in [-0.25, -0.2) is 15.0 Å². The maximum atomic E-state index is 5.17. The molecule has 3 aromatic heterocycles. The summed E-state index contributed by atoms with van der Waals surface area (Å²) in [6.07, 6.45) is 0. The van der Waals surface area contributed by atoms with Gasteiger partial charge in [0, 0.05) is 26.2 Å². The fraction of sp³-hybridized carbons (Fsp3) is 0.387. The molecule has 2 aromatic carbocycles. The zero-order valence-electron chi connectivity index (χ0n) is 24.6. The fourth-order valence-corrected chi connectivity index (χ4v) is 5.24. The third kappa shape index (κ3) is 8.06. The van der Waals surface area contributed by atoms with E-state index in [9.17, 15) is 0 Å². The molecular weight excluding hydrogens is 633 g/mol. The second kappa shape index (κ2) is 17.8. The van der Waals surface area contributed by atoms with Crippen molar-refractivity contribution >= 4 is 22.1 Å². The van der Waals surface area contributed by atoms with Gasteiger partial charge in [0.15, 0.2) is 11.6 Å². The molecule has 0 unspecified atom stereocenters. The van der Waals surface area contributed by atoms with E-state index < -0.39 is 0 Å². The molecule has 0 fully saturated rings. The summed E-state index contributed by atoms with van der Waals surface area (Å²) in [7, 11) is 0. The van der Waals surface area contributed by atoms with Crippen molar-refractivity contribution in [3.63, 3.8) is 0 Å². The number of nitrogens with zero attached hydrogens (tertiary/aromatic N) is 7. The number of hydrogen-bond acceptors (Lipinski definition) is 5. The van der Waals surface area contributed by atoms with E-state index in [2.05, 4.69) is 113 Å². The first-order valence-electron chi connectivity index (χ1n) is 14.0. The van der Waals surface area contributed by atoms with Crippen molar-refractivity contribution in [2.45, 2.75) is 40.8 Å². The number of fused-ring (bicyclic) bond motifs is 2. The van der Waals surface area contributed by atoms with Gasteiger partial charge < -0.3 is 56.2 Å². The zero-order chi connectivity index (χ0) is 26.5. The van der Waals surface area contributed by atoms with Crippen LogP contribution in [-0.4, -0.2) is 73.2 Å².